The first-order valence-electron chi connectivity index (χ1n) is 5.51. The molecule has 1 rings (SSSR count). The van der Waals surface area contributed by atoms with Gasteiger partial charge in [0.2, 0.25) is 0 Å². The van der Waals surface area contributed by atoms with Gasteiger partial charge in [-0.25, -0.2) is 4.89 Å². The number of hydrogen-bond acceptors (Lipinski definition) is 7. The SMILES string of the molecule is CN1CCS(C)(OOCCCSON=O)CC1. The van der Waals surface area contributed by atoms with Gasteiger partial charge in [-0.05, 0) is 19.7 Å². The molecule has 0 unspecified atom stereocenters. The molecule has 0 atom stereocenters. The summed E-state index contributed by atoms with van der Waals surface area (Å²) in [7, 11) is 1.08. The second-order valence-corrected chi connectivity index (χ2v) is 8.22. The van der Waals surface area contributed by atoms with Crippen LogP contribution >= 0.6 is 22.4 Å². The highest BCUT2D eigenvalue weighted by molar-refractivity contribution is 8.29. The fourth-order valence-electron chi connectivity index (χ4n) is 1.37. The highest BCUT2D eigenvalue weighted by Crippen LogP contribution is 2.46. The molecule has 0 amide bonds. The summed E-state index contributed by atoms with van der Waals surface area (Å²) in [4.78, 5) is 17.2. The van der Waals surface area contributed by atoms with Crippen molar-refractivity contribution in [3.05, 3.63) is 4.91 Å². The van der Waals surface area contributed by atoms with Gasteiger partial charge in [-0.3, -0.25) is 4.28 Å². The molecule has 0 spiro atoms. The summed E-state index contributed by atoms with van der Waals surface area (Å²) < 4.78 is 9.80. The molecule has 0 N–H and O–H groups in total. The molecule has 17 heavy (non-hydrogen) atoms. The molecular formula is C9H20N2O4S2. The number of hydrogen-bond donors (Lipinski definition) is 0. The van der Waals surface area contributed by atoms with Crippen molar-refractivity contribution in [2.24, 2.45) is 5.34 Å². The van der Waals surface area contributed by atoms with E-state index in [1.165, 1.54) is 0 Å². The lowest BCUT2D eigenvalue weighted by molar-refractivity contribution is -0.196. The number of nitrogens with zero attached hydrogens (tertiary/aromatic N) is 2. The highest BCUT2D eigenvalue weighted by atomic mass is 32.3. The average Bonchev–Trinajstić information content (AvgIpc) is 2.32. The Kier molecular flexibility index (Phi) is 7.21. The Bertz CT molecular complexity index is 225. The summed E-state index contributed by atoms with van der Waals surface area (Å²) in [6, 6.07) is 0. The lowest BCUT2D eigenvalue weighted by Gasteiger charge is -2.40. The van der Waals surface area contributed by atoms with E-state index in [1.54, 1.807) is 0 Å². The molecule has 1 fully saturated rings. The molecule has 102 valence electrons. The summed E-state index contributed by atoms with van der Waals surface area (Å²) in [5.74, 6) is 2.80. The minimum absolute atomic E-state index is 0.521. The van der Waals surface area contributed by atoms with Crippen LogP contribution in [0, 0.1) is 4.91 Å². The van der Waals surface area contributed by atoms with E-state index in [0.717, 1.165) is 43.1 Å². The molecule has 0 radical (unpaired) electrons. The Morgan fingerprint density at radius 3 is 2.76 bits per heavy atom. The summed E-state index contributed by atoms with van der Waals surface area (Å²) in [5.41, 5.74) is 0. The summed E-state index contributed by atoms with van der Waals surface area (Å²) >= 11 is 1.02. The second kappa shape index (κ2) is 8.15. The molecule has 0 aromatic carbocycles. The van der Waals surface area contributed by atoms with Crippen molar-refractivity contribution in [3.8, 4) is 0 Å². The second-order valence-electron chi connectivity index (χ2n) is 4.11. The van der Waals surface area contributed by atoms with E-state index in [1.807, 2.05) is 0 Å². The fraction of sp³-hybridized carbons (Fsp3) is 1.00. The fourth-order valence-corrected chi connectivity index (χ4v) is 3.76. The van der Waals surface area contributed by atoms with Crippen molar-refractivity contribution in [3.63, 3.8) is 0 Å². The van der Waals surface area contributed by atoms with Gasteiger partial charge in [0.05, 0.1) is 18.6 Å². The molecule has 0 aromatic rings. The molecule has 1 heterocycles. The van der Waals surface area contributed by atoms with Gasteiger partial charge in [0, 0.05) is 30.3 Å². The standard InChI is InChI=1S/C9H20N2O4S2/c1-11-4-8-17(2,9-5-11)15-13-6-3-7-16-14-10-12/h3-9H2,1-2H3. The van der Waals surface area contributed by atoms with Crippen LogP contribution in [0.1, 0.15) is 6.42 Å². The zero-order valence-electron chi connectivity index (χ0n) is 10.3. The minimum Gasteiger partial charge on any atom is -0.305 e. The van der Waals surface area contributed by atoms with E-state index in [2.05, 4.69) is 27.8 Å². The Hall–Kier alpha value is -0.0200. The predicted molar refractivity (Wildman–Crippen MR) is 71.7 cm³/mol. The van der Waals surface area contributed by atoms with Gasteiger partial charge in [0.25, 0.3) is 0 Å². The third-order valence-corrected chi connectivity index (χ3v) is 5.70. The summed E-state index contributed by atoms with van der Waals surface area (Å²) in [6.07, 6.45) is 2.93. The van der Waals surface area contributed by atoms with Gasteiger partial charge >= 0.3 is 0 Å². The lowest BCUT2D eigenvalue weighted by atomic mass is 10.5. The lowest BCUT2D eigenvalue weighted by Crippen LogP contribution is -2.36. The first-order valence-corrected chi connectivity index (χ1v) is 8.72. The van der Waals surface area contributed by atoms with Crippen molar-refractivity contribution < 1.29 is 13.5 Å². The van der Waals surface area contributed by atoms with Crippen molar-refractivity contribution >= 4 is 22.4 Å². The summed E-state index contributed by atoms with van der Waals surface area (Å²) in [6.45, 7) is 2.67. The minimum atomic E-state index is -1.04. The smallest absolute Gasteiger partial charge is 0.168 e. The maximum absolute atomic E-state index is 9.62. The molecule has 0 bridgehead atoms. The van der Waals surface area contributed by atoms with Crippen LogP contribution < -0.4 is 0 Å². The van der Waals surface area contributed by atoms with Gasteiger partial charge in [-0.1, -0.05) is 0 Å². The third-order valence-electron chi connectivity index (χ3n) is 2.56. The van der Waals surface area contributed by atoms with Crippen LogP contribution in [0.5, 0.6) is 0 Å². The Morgan fingerprint density at radius 2 is 2.12 bits per heavy atom. The zero-order valence-corrected chi connectivity index (χ0v) is 11.9. The van der Waals surface area contributed by atoms with Crippen LogP contribution in [0.4, 0.5) is 0 Å². The Balaban J connectivity index is 2.00. The van der Waals surface area contributed by atoms with E-state index in [4.69, 9.17) is 9.22 Å². The molecule has 0 saturated carbocycles. The maximum atomic E-state index is 9.62. The molecule has 6 nitrogen and oxygen atoms in total. The van der Waals surface area contributed by atoms with E-state index in [0.29, 0.717) is 12.4 Å². The normalized spacial score (nSPS) is 22.0. The van der Waals surface area contributed by atoms with Crippen molar-refractivity contribution in [2.75, 3.05) is 50.3 Å². The van der Waals surface area contributed by atoms with Crippen LogP contribution in [0.15, 0.2) is 5.34 Å². The van der Waals surface area contributed by atoms with Crippen LogP contribution in [-0.4, -0.2) is 55.2 Å². The monoisotopic (exact) mass is 284 g/mol. The van der Waals surface area contributed by atoms with Crippen LogP contribution in [0.3, 0.4) is 0 Å². The van der Waals surface area contributed by atoms with E-state index >= 15 is 0 Å². The molecule has 0 aliphatic carbocycles. The molecule has 1 saturated heterocycles. The Morgan fingerprint density at radius 1 is 1.41 bits per heavy atom. The van der Waals surface area contributed by atoms with Gasteiger partial charge in [-0.15, -0.1) is 15.2 Å². The van der Waals surface area contributed by atoms with Crippen LogP contribution in [0.2, 0.25) is 0 Å². The molecule has 1 aliphatic rings. The van der Waals surface area contributed by atoms with Crippen molar-refractivity contribution in [2.45, 2.75) is 6.42 Å². The van der Waals surface area contributed by atoms with E-state index < -0.39 is 10.3 Å². The molecule has 0 aromatic heterocycles. The first kappa shape index (κ1) is 15.0. The van der Waals surface area contributed by atoms with E-state index in [-0.39, 0.29) is 0 Å². The molecule has 8 heteroatoms. The zero-order chi connectivity index (χ0) is 12.6. The van der Waals surface area contributed by atoms with Gasteiger partial charge in [0.15, 0.2) is 5.34 Å². The topological polar surface area (TPSA) is 60.4 Å². The Labute approximate surface area is 108 Å². The maximum Gasteiger partial charge on any atom is 0.168 e. The quantitative estimate of drug-likeness (QED) is 0.223. The predicted octanol–water partition coefficient (Wildman–Crippen LogP) is 1.97. The van der Waals surface area contributed by atoms with Crippen molar-refractivity contribution in [1.29, 1.82) is 0 Å². The highest BCUT2D eigenvalue weighted by Gasteiger charge is 2.25. The van der Waals surface area contributed by atoms with Gasteiger partial charge < -0.3 is 4.90 Å². The largest absolute Gasteiger partial charge is 0.305 e. The molecule has 1 aliphatic heterocycles. The van der Waals surface area contributed by atoms with Gasteiger partial charge in [-0.2, -0.15) is 4.33 Å². The van der Waals surface area contributed by atoms with Crippen molar-refractivity contribution in [1.82, 2.24) is 4.90 Å². The number of rotatable bonds is 8. The average molecular weight is 284 g/mol. The van der Waals surface area contributed by atoms with Gasteiger partial charge in [0.1, 0.15) is 0 Å². The van der Waals surface area contributed by atoms with E-state index in [9.17, 15) is 4.91 Å². The summed E-state index contributed by atoms with van der Waals surface area (Å²) in [5, 5.41) is 2.29. The third kappa shape index (κ3) is 6.46. The first-order chi connectivity index (χ1) is 8.16. The van der Waals surface area contributed by atoms with Crippen LogP contribution in [-0.2, 0) is 13.5 Å². The molecular weight excluding hydrogens is 264 g/mol. The van der Waals surface area contributed by atoms with Crippen LogP contribution in [0.25, 0.3) is 0 Å².